The van der Waals surface area contributed by atoms with E-state index in [1.54, 1.807) is 11.4 Å². The molecule has 2 saturated heterocycles. The summed E-state index contributed by atoms with van der Waals surface area (Å²) in [6, 6.07) is 0.587. The van der Waals surface area contributed by atoms with E-state index in [1.165, 1.54) is 0 Å². The van der Waals surface area contributed by atoms with E-state index in [2.05, 4.69) is 23.5 Å². The van der Waals surface area contributed by atoms with E-state index in [1.807, 2.05) is 0 Å². The van der Waals surface area contributed by atoms with Crippen LogP contribution in [0.4, 0.5) is 0 Å². The molecular weight excluding hydrogens is 290 g/mol. The van der Waals surface area contributed by atoms with Gasteiger partial charge in [-0.05, 0) is 52.6 Å². The Hall–Kier alpha value is -0.210. The fourth-order valence-corrected chi connectivity index (χ4v) is 5.02. The molecule has 2 aliphatic heterocycles. The molecule has 21 heavy (non-hydrogen) atoms. The zero-order valence-corrected chi connectivity index (χ0v) is 14.2. The number of rotatable bonds is 6. The average molecular weight is 319 g/mol. The first-order chi connectivity index (χ1) is 9.94. The Labute approximate surface area is 129 Å². The predicted octanol–water partition coefficient (Wildman–Crippen LogP) is 0.804. The van der Waals surface area contributed by atoms with Crippen LogP contribution in [0.2, 0.25) is 0 Å². The fraction of sp³-hybridized carbons (Fsp3) is 1.00. The number of piperidine rings is 1. The smallest absolute Gasteiger partial charge is 0.280 e. The van der Waals surface area contributed by atoms with E-state index in [0.29, 0.717) is 19.2 Å². The summed E-state index contributed by atoms with van der Waals surface area (Å²) >= 11 is 0. The van der Waals surface area contributed by atoms with Crippen molar-refractivity contribution in [1.29, 1.82) is 0 Å². The van der Waals surface area contributed by atoms with Gasteiger partial charge < -0.3 is 9.64 Å². The number of likely N-dealkylation sites (tertiary alicyclic amines) is 1. The first kappa shape index (κ1) is 17.1. The number of hydrogen-bond donors (Lipinski definition) is 1. The van der Waals surface area contributed by atoms with Crippen LogP contribution in [-0.4, -0.2) is 69.1 Å². The summed E-state index contributed by atoms with van der Waals surface area (Å²) in [4.78, 5) is 2.40. The Bertz CT molecular complexity index is 419. The van der Waals surface area contributed by atoms with E-state index < -0.39 is 10.2 Å². The van der Waals surface area contributed by atoms with Gasteiger partial charge in [0.25, 0.3) is 10.2 Å². The van der Waals surface area contributed by atoms with Crippen LogP contribution < -0.4 is 4.72 Å². The maximum atomic E-state index is 12.5. The summed E-state index contributed by atoms with van der Waals surface area (Å²) in [5, 5.41) is 0. The van der Waals surface area contributed by atoms with Crippen molar-refractivity contribution in [3.05, 3.63) is 0 Å². The highest BCUT2D eigenvalue weighted by Crippen LogP contribution is 2.22. The Morgan fingerprint density at radius 3 is 2.43 bits per heavy atom. The van der Waals surface area contributed by atoms with Crippen molar-refractivity contribution in [2.45, 2.75) is 57.7 Å². The minimum atomic E-state index is -3.38. The van der Waals surface area contributed by atoms with Gasteiger partial charge in [-0.2, -0.15) is 17.4 Å². The topological polar surface area (TPSA) is 61.9 Å². The second-order valence-electron chi connectivity index (χ2n) is 6.39. The predicted molar refractivity (Wildman–Crippen MR) is 83.4 cm³/mol. The van der Waals surface area contributed by atoms with Crippen LogP contribution >= 0.6 is 0 Å². The van der Waals surface area contributed by atoms with Gasteiger partial charge in [0.1, 0.15) is 0 Å². The van der Waals surface area contributed by atoms with Crippen molar-refractivity contribution in [2.75, 3.05) is 33.4 Å². The van der Waals surface area contributed by atoms with Crippen molar-refractivity contribution in [2.24, 2.45) is 0 Å². The fourth-order valence-electron chi connectivity index (χ4n) is 3.30. The van der Waals surface area contributed by atoms with E-state index in [0.717, 1.165) is 38.8 Å². The minimum absolute atomic E-state index is 0.0109. The van der Waals surface area contributed by atoms with Gasteiger partial charge in [0.15, 0.2) is 0 Å². The van der Waals surface area contributed by atoms with Crippen molar-refractivity contribution in [3.8, 4) is 0 Å². The van der Waals surface area contributed by atoms with E-state index in [-0.39, 0.29) is 12.1 Å². The van der Waals surface area contributed by atoms with Gasteiger partial charge in [0, 0.05) is 31.8 Å². The monoisotopic (exact) mass is 319 g/mol. The molecule has 1 atom stereocenters. The number of nitrogens with one attached hydrogen (secondary N) is 1. The molecule has 124 valence electrons. The molecule has 1 N–H and O–H groups in total. The van der Waals surface area contributed by atoms with Gasteiger partial charge in [-0.25, -0.2) is 0 Å². The summed E-state index contributed by atoms with van der Waals surface area (Å²) in [6.45, 7) is 7.38. The molecule has 0 bridgehead atoms. The summed E-state index contributed by atoms with van der Waals surface area (Å²) in [5.74, 6) is 0. The first-order valence-electron chi connectivity index (χ1n) is 7.96. The Balaban J connectivity index is 1.90. The second kappa shape index (κ2) is 7.37. The maximum Gasteiger partial charge on any atom is 0.280 e. The maximum absolute atomic E-state index is 12.5. The molecule has 0 aromatic rings. The quantitative estimate of drug-likeness (QED) is 0.787. The summed E-state index contributed by atoms with van der Waals surface area (Å²) in [6.07, 6.45) is 3.58. The molecule has 0 aromatic carbocycles. The lowest BCUT2D eigenvalue weighted by Crippen LogP contribution is -2.52. The third-order valence-electron chi connectivity index (χ3n) is 4.57. The van der Waals surface area contributed by atoms with Crippen LogP contribution in [0.1, 0.15) is 39.5 Å². The van der Waals surface area contributed by atoms with E-state index >= 15 is 0 Å². The van der Waals surface area contributed by atoms with Crippen molar-refractivity contribution in [3.63, 3.8) is 0 Å². The third-order valence-corrected chi connectivity index (χ3v) is 6.30. The number of nitrogens with zero attached hydrogens (tertiary/aromatic N) is 2. The molecule has 0 aromatic heterocycles. The van der Waals surface area contributed by atoms with Gasteiger partial charge in [0.05, 0.1) is 6.61 Å². The van der Waals surface area contributed by atoms with Crippen molar-refractivity contribution in [1.82, 2.24) is 13.9 Å². The zero-order chi connectivity index (χ0) is 15.5. The summed E-state index contributed by atoms with van der Waals surface area (Å²) in [5.41, 5.74) is 0. The van der Waals surface area contributed by atoms with Gasteiger partial charge >= 0.3 is 0 Å². The second-order valence-corrected chi connectivity index (χ2v) is 8.04. The largest absolute Gasteiger partial charge is 0.383 e. The summed E-state index contributed by atoms with van der Waals surface area (Å²) < 4.78 is 34.7. The van der Waals surface area contributed by atoms with Crippen LogP contribution in [0.3, 0.4) is 0 Å². The third kappa shape index (κ3) is 4.39. The van der Waals surface area contributed by atoms with Crippen LogP contribution in [0.15, 0.2) is 0 Å². The number of methoxy groups -OCH3 is 1. The molecular formula is C14H29N3O3S. The molecule has 0 amide bonds. The molecule has 7 heteroatoms. The molecule has 0 radical (unpaired) electrons. The number of ether oxygens (including phenoxy) is 1. The molecule has 2 aliphatic rings. The SMILES string of the molecule is COCC1CCCN1S(=O)(=O)NC1CCN(C(C)C)CC1. The van der Waals surface area contributed by atoms with Gasteiger partial charge in [-0.1, -0.05) is 0 Å². The molecule has 2 heterocycles. The molecule has 1 unspecified atom stereocenters. The van der Waals surface area contributed by atoms with Crippen LogP contribution in [-0.2, 0) is 14.9 Å². The lowest BCUT2D eigenvalue weighted by atomic mass is 10.1. The van der Waals surface area contributed by atoms with Crippen LogP contribution in [0.25, 0.3) is 0 Å². The Morgan fingerprint density at radius 2 is 1.86 bits per heavy atom. The molecule has 2 fully saturated rings. The van der Waals surface area contributed by atoms with E-state index in [9.17, 15) is 8.42 Å². The Morgan fingerprint density at radius 1 is 1.19 bits per heavy atom. The van der Waals surface area contributed by atoms with Crippen LogP contribution in [0, 0.1) is 0 Å². The van der Waals surface area contributed by atoms with Crippen molar-refractivity contribution < 1.29 is 13.2 Å². The molecule has 6 nitrogen and oxygen atoms in total. The van der Waals surface area contributed by atoms with Gasteiger partial charge in [0.2, 0.25) is 0 Å². The molecule has 2 rings (SSSR count). The highest BCUT2D eigenvalue weighted by Gasteiger charge is 2.36. The molecule has 0 aliphatic carbocycles. The minimum Gasteiger partial charge on any atom is -0.383 e. The summed E-state index contributed by atoms with van der Waals surface area (Å²) in [7, 11) is -1.76. The zero-order valence-electron chi connectivity index (χ0n) is 13.4. The highest BCUT2D eigenvalue weighted by molar-refractivity contribution is 7.87. The first-order valence-corrected chi connectivity index (χ1v) is 9.40. The van der Waals surface area contributed by atoms with Crippen molar-refractivity contribution >= 4 is 10.2 Å². The Kier molecular flexibility index (Phi) is 6.02. The van der Waals surface area contributed by atoms with Gasteiger partial charge in [-0.15, -0.1) is 0 Å². The average Bonchev–Trinajstić information content (AvgIpc) is 2.88. The lowest BCUT2D eigenvalue weighted by Gasteiger charge is -2.35. The van der Waals surface area contributed by atoms with Crippen LogP contribution in [0.5, 0.6) is 0 Å². The standard InChI is InChI=1S/C14H29N3O3S/c1-12(2)16-9-6-13(7-10-16)15-21(18,19)17-8-4-5-14(17)11-20-3/h12-15H,4-11H2,1-3H3. The van der Waals surface area contributed by atoms with E-state index in [4.69, 9.17) is 4.74 Å². The highest BCUT2D eigenvalue weighted by atomic mass is 32.2. The number of hydrogen-bond acceptors (Lipinski definition) is 4. The molecule has 0 saturated carbocycles. The molecule has 0 spiro atoms. The normalized spacial score (nSPS) is 26.8. The lowest BCUT2D eigenvalue weighted by molar-refractivity contribution is 0.146. The van der Waals surface area contributed by atoms with Gasteiger partial charge in [-0.3, -0.25) is 0 Å².